The lowest BCUT2D eigenvalue weighted by molar-refractivity contribution is -0.116. The van der Waals surface area contributed by atoms with Gasteiger partial charge >= 0.3 is 5.97 Å². The Balaban J connectivity index is 1.77. The first-order chi connectivity index (χ1) is 12.4. The van der Waals surface area contributed by atoms with Crippen LogP contribution in [0, 0.1) is 0 Å². The van der Waals surface area contributed by atoms with Crippen molar-refractivity contribution < 1.29 is 23.9 Å². The molecule has 1 heterocycles. The highest BCUT2D eigenvalue weighted by atomic mass is 35.5. The van der Waals surface area contributed by atoms with Gasteiger partial charge in [-0.3, -0.25) is 9.59 Å². The van der Waals surface area contributed by atoms with Crippen LogP contribution in [-0.2, 0) is 11.2 Å². The van der Waals surface area contributed by atoms with Crippen molar-refractivity contribution in [1.82, 2.24) is 5.32 Å². The molecule has 0 spiro atoms. The van der Waals surface area contributed by atoms with Gasteiger partial charge < -0.3 is 20.2 Å². The number of hydrogen-bond acceptors (Lipinski definition) is 4. The van der Waals surface area contributed by atoms with E-state index < -0.39 is 11.9 Å². The van der Waals surface area contributed by atoms with Gasteiger partial charge in [0.2, 0.25) is 5.91 Å². The number of carboxylic acids is 1. The number of aryl methyl sites for hydroxylation is 1. The Morgan fingerprint density at radius 3 is 2.46 bits per heavy atom. The van der Waals surface area contributed by atoms with Crippen LogP contribution in [0.5, 0.6) is 0 Å². The second-order valence-corrected chi connectivity index (χ2v) is 5.96. The van der Waals surface area contributed by atoms with Gasteiger partial charge in [0.25, 0.3) is 5.91 Å². The van der Waals surface area contributed by atoms with E-state index in [-0.39, 0.29) is 36.0 Å². The highest BCUT2D eigenvalue weighted by molar-refractivity contribution is 6.30. The third-order valence-electron chi connectivity index (χ3n) is 3.58. The third kappa shape index (κ3) is 5.35. The van der Waals surface area contributed by atoms with Crippen molar-refractivity contribution in [3.8, 4) is 0 Å². The molecule has 3 N–H and O–H groups in total. The number of nitrogens with one attached hydrogen (secondary N) is 2. The first-order valence-electron chi connectivity index (χ1n) is 8.10. The molecular formula is C18H19ClN2O5. The molecule has 2 amide bonds. The molecule has 0 saturated carbocycles. The highest BCUT2D eigenvalue weighted by Crippen LogP contribution is 2.16. The van der Waals surface area contributed by atoms with Crippen LogP contribution in [0.25, 0.3) is 0 Å². The maximum absolute atomic E-state index is 12.0. The van der Waals surface area contributed by atoms with Crippen molar-refractivity contribution in [2.45, 2.75) is 26.2 Å². The minimum Gasteiger partial charge on any atom is -0.478 e. The number of hydrogen-bond donors (Lipinski definition) is 3. The molecule has 0 radical (unpaired) electrons. The minimum atomic E-state index is -1.14. The monoisotopic (exact) mass is 378 g/mol. The van der Waals surface area contributed by atoms with Crippen LogP contribution in [0.1, 0.15) is 46.4 Å². The van der Waals surface area contributed by atoms with Gasteiger partial charge in [-0.05, 0) is 30.7 Å². The van der Waals surface area contributed by atoms with Crippen molar-refractivity contribution in [3.05, 3.63) is 52.4 Å². The lowest BCUT2D eigenvalue weighted by Crippen LogP contribution is -2.25. The molecule has 0 atom stereocenters. The van der Waals surface area contributed by atoms with Gasteiger partial charge in [0, 0.05) is 36.2 Å². The molecule has 0 saturated heterocycles. The summed E-state index contributed by atoms with van der Waals surface area (Å²) < 4.78 is 5.27. The Morgan fingerprint density at radius 1 is 1.19 bits per heavy atom. The summed E-state index contributed by atoms with van der Waals surface area (Å²) in [4.78, 5) is 34.9. The fourth-order valence-corrected chi connectivity index (χ4v) is 2.40. The number of furan rings is 1. The third-order valence-corrected chi connectivity index (χ3v) is 3.83. The van der Waals surface area contributed by atoms with Crippen molar-refractivity contribution in [3.63, 3.8) is 0 Å². The maximum Gasteiger partial charge on any atom is 0.339 e. The number of anilines is 1. The van der Waals surface area contributed by atoms with E-state index in [1.807, 2.05) is 0 Å². The molecule has 1 aromatic carbocycles. The molecule has 0 aliphatic heterocycles. The van der Waals surface area contributed by atoms with Crippen molar-refractivity contribution in [1.29, 1.82) is 0 Å². The molecule has 26 heavy (non-hydrogen) atoms. The van der Waals surface area contributed by atoms with Gasteiger partial charge in [0.15, 0.2) is 5.76 Å². The zero-order valence-electron chi connectivity index (χ0n) is 14.2. The number of amides is 2. The predicted octanol–water partition coefficient (Wildman–Crippen LogP) is 3.34. The standard InChI is InChI=1S/C18H19ClN2O5/c1-2-14-13(18(24)25)10-15(26-14)17(23)20-9-3-4-16(22)21-12-7-5-11(19)6-8-12/h5-8,10H,2-4,9H2,1H3,(H,20,23)(H,21,22)(H,24,25). The molecule has 8 heteroatoms. The van der Waals surface area contributed by atoms with Crippen molar-refractivity contribution in [2.75, 3.05) is 11.9 Å². The molecule has 7 nitrogen and oxygen atoms in total. The van der Waals surface area contributed by atoms with E-state index in [9.17, 15) is 14.4 Å². The molecule has 138 valence electrons. The summed E-state index contributed by atoms with van der Waals surface area (Å²) in [7, 11) is 0. The van der Waals surface area contributed by atoms with Crippen LogP contribution in [0.4, 0.5) is 5.69 Å². The molecule has 1 aromatic heterocycles. The fraction of sp³-hybridized carbons (Fsp3) is 0.278. The zero-order chi connectivity index (χ0) is 19.1. The quantitative estimate of drug-likeness (QED) is 0.610. The summed E-state index contributed by atoms with van der Waals surface area (Å²) in [6.45, 7) is 2.00. The minimum absolute atomic E-state index is 0.0139. The lowest BCUT2D eigenvalue weighted by Gasteiger charge is -2.06. The Kier molecular flexibility index (Phi) is 6.80. The summed E-state index contributed by atoms with van der Waals surface area (Å²) >= 11 is 5.78. The Labute approximate surface area is 155 Å². The van der Waals surface area contributed by atoms with Crippen molar-refractivity contribution >= 4 is 35.1 Å². The van der Waals surface area contributed by atoms with E-state index in [4.69, 9.17) is 21.1 Å². The predicted molar refractivity (Wildman–Crippen MR) is 96.7 cm³/mol. The second-order valence-electron chi connectivity index (χ2n) is 5.52. The Morgan fingerprint density at radius 2 is 1.88 bits per heavy atom. The van der Waals surface area contributed by atoms with E-state index in [0.29, 0.717) is 23.6 Å². The van der Waals surface area contributed by atoms with Crippen LogP contribution in [0.15, 0.2) is 34.7 Å². The fourth-order valence-electron chi connectivity index (χ4n) is 2.28. The smallest absolute Gasteiger partial charge is 0.339 e. The molecule has 0 bridgehead atoms. The molecule has 2 aromatic rings. The lowest BCUT2D eigenvalue weighted by atomic mass is 10.2. The Bertz CT molecular complexity index is 798. The normalized spacial score (nSPS) is 10.4. The van der Waals surface area contributed by atoms with E-state index in [1.165, 1.54) is 6.07 Å². The Hall–Kier alpha value is -2.80. The van der Waals surface area contributed by atoms with Gasteiger partial charge in [-0.25, -0.2) is 4.79 Å². The number of carbonyl (C=O) groups excluding carboxylic acids is 2. The van der Waals surface area contributed by atoms with Gasteiger partial charge in [-0.15, -0.1) is 0 Å². The van der Waals surface area contributed by atoms with Crippen LogP contribution in [-0.4, -0.2) is 29.4 Å². The number of benzene rings is 1. The summed E-state index contributed by atoms with van der Waals surface area (Å²) in [6, 6.07) is 7.96. The number of aromatic carboxylic acids is 1. The van der Waals surface area contributed by atoms with Gasteiger partial charge in [0.05, 0.1) is 0 Å². The van der Waals surface area contributed by atoms with Gasteiger partial charge in [0.1, 0.15) is 11.3 Å². The van der Waals surface area contributed by atoms with Gasteiger partial charge in [-0.1, -0.05) is 18.5 Å². The van der Waals surface area contributed by atoms with E-state index in [1.54, 1.807) is 31.2 Å². The van der Waals surface area contributed by atoms with Crippen LogP contribution >= 0.6 is 11.6 Å². The second kappa shape index (κ2) is 9.05. The summed E-state index contributed by atoms with van der Waals surface area (Å²) in [5, 5.41) is 15.0. The molecule has 2 rings (SSSR count). The number of halogens is 1. The SMILES string of the molecule is CCc1oc(C(=O)NCCCC(=O)Nc2ccc(Cl)cc2)cc1C(=O)O. The first kappa shape index (κ1) is 19.5. The summed E-state index contributed by atoms with van der Waals surface area (Å²) in [5.41, 5.74) is 0.632. The number of carboxylic acid groups (broad SMARTS) is 1. The van der Waals surface area contributed by atoms with E-state index in [2.05, 4.69) is 10.6 Å². The van der Waals surface area contributed by atoms with Crippen LogP contribution < -0.4 is 10.6 Å². The van der Waals surface area contributed by atoms with Crippen LogP contribution in [0.2, 0.25) is 5.02 Å². The molecule has 0 aliphatic carbocycles. The molecular weight excluding hydrogens is 360 g/mol. The average Bonchev–Trinajstić information content (AvgIpc) is 3.05. The van der Waals surface area contributed by atoms with Gasteiger partial charge in [-0.2, -0.15) is 0 Å². The highest BCUT2D eigenvalue weighted by Gasteiger charge is 2.19. The molecule has 0 aliphatic rings. The maximum atomic E-state index is 12.0. The number of rotatable bonds is 8. The largest absolute Gasteiger partial charge is 0.478 e. The molecule has 0 unspecified atom stereocenters. The average molecular weight is 379 g/mol. The first-order valence-corrected chi connectivity index (χ1v) is 8.48. The van der Waals surface area contributed by atoms with E-state index in [0.717, 1.165) is 0 Å². The molecule has 0 fully saturated rings. The van der Waals surface area contributed by atoms with Crippen molar-refractivity contribution in [2.24, 2.45) is 0 Å². The topological polar surface area (TPSA) is 109 Å². The summed E-state index contributed by atoms with van der Waals surface area (Å²) in [5.74, 6) is -1.62. The van der Waals surface area contributed by atoms with E-state index >= 15 is 0 Å². The number of carbonyl (C=O) groups is 3. The zero-order valence-corrected chi connectivity index (χ0v) is 14.9. The summed E-state index contributed by atoms with van der Waals surface area (Å²) in [6.07, 6.45) is 1.03. The van der Waals surface area contributed by atoms with Crippen LogP contribution in [0.3, 0.4) is 0 Å².